The van der Waals surface area contributed by atoms with Crippen LogP contribution in [0.5, 0.6) is 0 Å². The lowest BCUT2D eigenvalue weighted by Crippen LogP contribution is -2.64. The molecule has 0 bridgehead atoms. The van der Waals surface area contributed by atoms with Crippen LogP contribution in [-0.4, -0.2) is 58.5 Å². The van der Waals surface area contributed by atoms with Gasteiger partial charge in [0.25, 0.3) is 0 Å². The second-order valence-electron chi connectivity index (χ2n) is 4.01. The standard InChI is InChI=1S/C10H17F3N2O4/c1-3-15(5-4-6-16)8(19)14-9(2,7(17)18)10(11,12)13/h16H,3-6H2,1-2H3,(H,14,19)(H,17,18). The number of urea groups is 1. The van der Waals surface area contributed by atoms with E-state index in [-0.39, 0.29) is 26.1 Å². The predicted octanol–water partition coefficient (Wildman–Crippen LogP) is 0.806. The molecule has 0 aliphatic heterocycles. The molecular formula is C10H17F3N2O4. The molecule has 3 N–H and O–H groups in total. The van der Waals surface area contributed by atoms with Crippen molar-refractivity contribution in [3.8, 4) is 0 Å². The summed E-state index contributed by atoms with van der Waals surface area (Å²) >= 11 is 0. The first kappa shape index (κ1) is 17.5. The summed E-state index contributed by atoms with van der Waals surface area (Å²) in [5.41, 5.74) is -3.35. The maximum absolute atomic E-state index is 12.7. The average Bonchev–Trinajstić information content (AvgIpc) is 2.28. The van der Waals surface area contributed by atoms with Crippen LogP contribution in [-0.2, 0) is 4.79 Å². The van der Waals surface area contributed by atoms with Crippen molar-refractivity contribution in [3.05, 3.63) is 0 Å². The first-order valence-corrected chi connectivity index (χ1v) is 5.58. The minimum atomic E-state index is -5.12. The third kappa shape index (κ3) is 4.27. The Morgan fingerprint density at radius 2 is 1.84 bits per heavy atom. The molecular weight excluding hydrogens is 269 g/mol. The summed E-state index contributed by atoms with van der Waals surface area (Å²) in [6, 6.07) is -1.14. The zero-order chi connectivity index (χ0) is 15.3. The molecule has 19 heavy (non-hydrogen) atoms. The fraction of sp³-hybridized carbons (Fsp3) is 0.800. The number of nitrogens with zero attached hydrogens (tertiary/aromatic N) is 1. The summed E-state index contributed by atoms with van der Waals surface area (Å²) in [5.74, 6) is -2.19. The fourth-order valence-electron chi connectivity index (χ4n) is 1.20. The highest BCUT2D eigenvalue weighted by Crippen LogP contribution is 2.30. The molecule has 0 heterocycles. The minimum Gasteiger partial charge on any atom is -0.479 e. The van der Waals surface area contributed by atoms with Gasteiger partial charge in [0.05, 0.1) is 0 Å². The Morgan fingerprint density at radius 3 is 2.16 bits per heavy atom. The Morgan fingerprint density at radius 1 is 1.32 bits per heavy atom. The van der Waals surface area contributed by atoms with Crippen LogP contribution in [0.25, 0.3) is 0 Å². The van der Waals surface area contributed by atoms with Crippen molar-refractivity contribution < 1.29 is 33.0 Å². The smallest absolute Gasteiger partial charge is 0.422 e. The van der Waals surface area contributed by atoms with Crippen molar-refractivity contribution in [3.63, 3.8) is 0 Å². The first-order valence-electron chi connectivity index (χ1n) is 5.58. The Kier molecular flexibility index (Phi) is 6.07. The summed E-state index contributed by atoms with van der Waals surface area (Å²) < 4.78 is 38.0. The number of nitrogens with one attached hydrogen (secondary N) is 1. The number of carboxylic acids is 1. The average molecular weight is 286 g/mol. The molecule has 112 valence electrons. The molecule has 0 fully saturated rings. The lowest BCUT2D eigenvalue weighted by Gasteiger charge is -2.31. The van der Waals surface area contributed by atoms with Crippen LogP contribution < -0.4 is 5.32 Å². The molecule has 1 unspecified atom stereocenters. The number of carbonyl (C=O) groups excluding carboxylic acids is 1. The Hall–Kier alpha value is -1.51. The van der Waals surface area contributed by atoms with Gasteiger partial charge < -0.3 is 20.4 Å². The number of halogens is 3. The molecule has 0 saturated carbocycles. The number of carboxylic acid groups (broad SMARTS) is 1. The fourth-order valence-corrected chi connectivity index (χ4v) is 1.20. The van der Waals surface area contributed by atoms with Crippen LogP contribution in [0.15, 0.2) is 0 Å². The molecule has 0 aromatic heterocycles. The molecule has 0 aromatic carbocycles. The molecule has 0 aliphatic carbocycles. The number of aliphatic hydroxyl groups excluding tert-OH is 1. The maximum atomic E-state index is 12.7. The Balaban J connectivity index is 4.96. The van der Waals surface area contributed by atoms with E-state index in [0.29, 0.717) is 6.92 Å². The number of alkyl halides is 3. The monoisotopic (exact) mass is 286 g/mol. The molecule has 1 atom stereocenters. The van der Waals surface area contributed by atoms with E-state index in [1.807, 2.05) is 0 Å². The summed E-state index contributed by atoms with van der Waals surface area (Å²) in [5, 5.41) is 18.7. The largest absolute Gasteiger partial charge is 0.479 e. The van der Waals surface area contributed by atoms with Gasteiger partial charge in [-0.05, 0) is 20.3 Å². The molecule has 0 saturated heterocycles. The lowest BCUT2D eigenvalue weighted by atomic mass is 10.0. The third-order valence-corrected chi connectivity index (χ3v) is 2.61. The first-order chi connectivity index (χ1) is 8.60. The molecule has 2 amide bonds. The molecule has 0 radical (unpaired) electrons. The normalized spacial score (nSPS) is 14.6. The third-order valence-electron chi connectivity index (χ3n) is 2.61. The topological polar surface area (TPSA) is 89.9 Å². The second-order valence-corrected chi connectivity index (χ2v) is 4.01. The van der Waals surface area contributed by atoms with Crippen LogP contribution in [0.1, 0.15) is 20.3 Å². The Labute approximate surface area is 108 Å². The number of hydrogen-bond acceptors (Lipinski definition) is 3. The van der Waals surface area contributed by atoms with Crippen LogP contribution >= 0.6 is 0 Å². The van der Waals surface area contributed by atoms with Gasteiger partial charge in [-0.1, -0.05) is 0 Å². The molecule has 0 aliphatic rings. The quantitative estimate of drug-likeness (QED) is 0.674. The van der Waals surface area contributed by atoms with Crippen LogP contribution in [0.2, 0.25) is 0 Å². The van der Waals surface area contributed by atoms with E-state index in [1.165, 1.54) is 12.2 Å². The van der Waals surface area contributed by atoms with Crippen molar-refractivity contribution >= 4 is 12.0 Å². The van der Waals surface area contributed by atoms with Gasteiger partial charge in [0.2, 0.25) is 5.54 Å². The molecule has 6 nitrogen and oxygen atoms in total. The van der Waals surface area contributed by atoms with E-state index in [0.717, 1.165) is 4.90 Å². The van der Waals surface area contributed by atoms with Crippen LogP contribution in [0, 0.1) is 0 Å². The van der Waals surface area contributed by atoms with E-state index >= 15 is 0 Å². The van der Waals surface area contributed by atoms with Gasteiger partial charge in [0.1, 0.15) is 0 Å². The predicted molar refractivity (Wildman–Crippen MR) is 59.6 cm³/mol. The van der Waals surface area contributed by atoms with Crippen molar-refractivity contribution in [2.45, 2.75) is 32.0 Å². The summed E-state index contributed by atoms with van der Waals surface area (Å²) in [7, 11) is 0. The number of aliphatic hydroxyl groups is 1. The number of rotatable bonds is 6. The van der Waals surface area contributed by atoms with Gasteiger partial charge in [-0.15, -0.1) is 0 Å². The molecule has 0 rings (SSSR count). The van der Waals surface area contributed by atoms with Gasteiger partial charge in [-0.3, -0.25) is 0 Å². The van der Waals surface area contributed by atoms with E-state index < -0.39 is 23.7 Å². The number of hydrogen-bond donors (Lipinski definition) is 3. The zero-order valence-electron chi connectivity index (χ0n) is 10.6. The van der Waals surface area contributed by atoms with Gasteiger partial charge >= 0.3 is 18.2 Å². The molecule has 0 spiro atoms. The van der Waals surface area contributed by atoms with E-state index in [1.54, 1.807) is 0 Å². The summed E-state index contributed by atoms with van der Waals surface area (Å²) in [4.78, 5) is 23.3. The minimum absolute atomic E-state index is 0.0341. The highest BCUT2D eigenvalue weighted by atomic mass is 19.4. The maximum Gasteiger partial charge on any atom is 0.422 e. The van der Waals surface area contributed by atoms with E-state index in [4.69, 9.17) is 10.2 Å². The van der Waals surface area contributed by atoms with Gasteiger partial charge in [-0.2, -0.15) is 13.2 Å². The van der Waals surface area contributed by atoms with Crippen molar-refractivity contribution in [1.82, 2.24) is 10.2 Å². The SMILES string of the molecule is CCN(CCCO)C(=O)NC(C)(C(=O)O)C(F)(F)F. The highest BCUT2D eigenvalue weighted by Gasteiger charge is 2.58. The second kappa shape index (κ2) is 6.60. The zero-order valence-corrected chi connectivity index (χ0v) is 10.6. The molecule has 9 heteroatoms. The van der Waals surface area contributed by atoms with Crippen molar-refractivity contribution in [2.75, 3.05) is 19.7 Å². The van der Waals surface area contributed by atoms with Crippen molar-refractivity contribution in [1.29, 1.82) is 0 Å². The van der Waals surface area contributed by atoms with Gasteiger partial charge in [0, 0.05) is 19.7 Å². The number of amides is 2. The lowest BCUT2D eigenvalue weighted by molar-refractivity contribution is -0.203. The van der Waals surface area contributed by atoms with E-state index in [9.17, 15) is 22.8 Å². The van der Waals surface area contributed by atoms with Gasteiger partial charge in [-0.25, -0.2) is 9.59 Å². The number of carbonyl (C=O) groups is 2. The summed E-state index contributed by atoms with van der Waals surface area (Å²) in [6.45, 7) is 1.82. The molecule has 0 aromatic rings. The highest BCUT2D eigenvalue weighted by molar-refractivity contribution is 5.86. The van der Waals surface area contributed by atoms with Crippen molar-refractivity contribution in [2.24, 2.45) is 0 Å². The van der Waals surface area contributed by atoms with Gasteiger partial charge in [0.15, 0.2) is 0 Å². The summed E-state index contributed by atoms with van der Waals surface area (Å²) in [6.07, 6.45) is -4.93. The van der Waals surface area contributed by atoms with Crippen LogP contribution in [0.4, 0.5) is 18.0 Å². The van der Waals surface area contributed by atoms with E-state index in [2.05, 4.69) is 0 Å². The Bertz CT molecular complexity index is 335. The number of aliphatic carboxylic acids is 1. The van der Waals surface area contributed by atoms with Crippen LogP contribution in [0.3, 0.4) is 0 Å².